The number of thioether (sulfide) groups is 1. The van der Waals surface area contributed by atoms with Crippen LogP contribution in [0.25, 0.3) is 0 Å². The molecule has 86 valence electrons. The summed E-state index contributed by atoms with van der Waals surface area (Å²) in [5.74, 6) is 2.09. The normalized spacial score (nSPS) is 12.9. The fraction of sp³-hybridized carbons (Fsp3) is 0.700. The zero-order valence-corrected chi connectivity index (χ0v) is 10.9. The highest BCUT2D eigenvalue weighted by molar-refractivity contribution is 7.98. The van der Waals surface area contributed by atoms with Crippen molar-refractivity contribution < 1.29 is 0 Å². The molecule has 0 aliphatic heterocycles. The minimum Gasteiger partial charge on any atom is -0.394 e. The van der Waals surface area contributed by atoms with Crippen LogP contribution in [0.1, 0.15) is 12.6 Å². The topological polar surface area (TPSA) is 47.1 Å². The predicted molar refractivity (Wildman–Crippen MR) is 68.6 cm³/mol. The second-order valence-corrected chi connectivity index (χ2v) is 4.77. The number of aromatic nitrogens is 2. The first kappa shape index (κ1) is 12.2. The van der Waals surface area contributed by atoms with Crippen molar-refractivity contribution in [2.75, 3.05) is 29.7 Å². The standard InChI is InChI=1S/C10H20N4S/c1-7(6-15-5)13(3)10-9(11)8(2)12-14(10)4/h7H,6,11H2,1-5H3. The Morgan fingerprint density at radius 3 is 2.60 bits per heavy atom. The monoisotopic (exact) mass is 228 g/mol. The highest BCUT2D eigenvalue weighted by atomic mass is 32.2. The van der Waals surface area contributed by atoms with E-state index in [1.54, 1.807) is 0 Å². The van der Waals surface area contributed by atoms with Crippen LogP contribution in [0.5, 0.6) is 0 Å². The highest BCUT2D eigenvalue weighted by Crippen LogP contribution is 2.26. The lowest BCUT2D eigenvalue weighted by Gasteiger charge is -2.26. The predicted octanol–water partition coefficient (Wildman–Crippen LogP) is 1.50. The van der Waals surface area contributed by atoms with Gasteiger partial charge in [0.1, 0.15) is 5.82 Å². The van der Waals surface area contributed by atoms with Gasteiger partial charge in [-0.2, -0.15) is 16.9 Å². The number of nitrogens with zero attached hydrogens (tertiary/aromatic N) is 3. The molecule has 4 nitrogen and oxygen atoms in total. The Kier molecular flexibility index (Phi) is 3.90. The summed E-state index contributed by atoms with van der Waals surface area (Å²) in [5, 5.41) is 4.32. The third-order valence-corrected chi connectivity index (χ3v) is 3.46. The molecular formula is C10H20N4S. The van der Waals surface area contributed by atoms with E-state index in [4.69, 9.17) is 5.73 Å². The Bertz CT molecular complexity index is 334. The van der Waals surface area contributed by atoms with Crippen LogP contribution in [0, 0.1) is 6.92 Å². The van der Waals surface area contributed by atoms with Crippen LogP contribution in [-0.4, -0.2) is 34.9 Å². The lowest BCUT2D eigenvalue weighted by molar-refractivity contribution is 0.687. The Balaban J connectivity index is 2.94. The van der Waals surface area contributed by atoms with Crippen LogP contribution in [0.3, 0.4) is 0 Å². The number of nitrogen functional groups attached to an aromatic ring is 1. The summed E-state index contributed by atoms with van der Waals surface area (Å²) >= 11 is 1.84. The van der Waals surface area contributed by atoms with Gasteiger partial charge in [0, 0.05) is 25.9 Å². The van der Waals surface area contributed by atoms with Crippen molar-refractivity contribution in [1.82, 2.24) is 9.78 Å². The van der Waals surface area contributed by atoms with Crippen LogP contribution in [0.2, 0.25) is 0 Å². The Morgan fingerprint density at radius 2 is 2.20 bits per heavy atom. The number of rotatable bonds is 4. The van der Waals surface area contributed by atoms with Gasteiger partial charge in [0.2, 0.25) is 0 Å². The zero-order chi connectivity index (χ0) is 11.6. The van der Waals surface area contributed by atoms with E-state index >= 15 is 0 Å². The Labute approximate surface area is 95.8 Å². The smallest absolute Gasteiger partial charge is 0.150 e. The average molecular weight is 228 g/mol. The number of nitrogens with two attached hydrogens (primary N) is 1. The van der Waals surface area contributed by atoms with Gasteiger partial charge >= 0.3 is 0 Å². The van der Waals surface area contributed by atoms with E-state index < -0.39 is 0 Å². The van der Waals surface area contributed by atoms with Crippen molar-refractivity contribution in [2.45, 2.75) is 19.9 Å². The van der Waals surface area contributed by atoms with Crippen molar-refractivity contribution in [3.05, 3.63) is 5.69 Å². The highest BCUT2D eigenvalue weighted by Gasteiger charge is 2.18. The number of hydrogen-bond acceptors (Lipinski definition) is 4. The summed E-state index contributed by atoms with van der Waals surface area (Å²) in [7, 11) is 3.99. The summed E-state index contributed by atoms with van der Waals surface area (Å²) in [5.41, 5.74) is 7.69. The fourth-order valence-electron chi connectivity index (χ4n) is 1.64. The first-order valence-electron chi connectivity index (χ1n) is 4.99. The molecule has 5 heteroatoms. The zero-order valence-electron chi connectivity index (χ0n) is 10.1. The molecular weight excluding hydrogens is 208 g/mol. The van der Waals surface area contributed by atoms with Crippen LogP contribution >= 0.6 is 11.8 Å². The lowest BCUT2D eigenvalue weighted by atomic mass is 10.3. The Morgan fingerprint density at radius 1 is 1.60 bits per heavy atom. The molecule has 0 saturated heterocycles. The van der Waals surface area contributed by atoms with Crippen LogP contribution in [0.15, 0.2) is 0 Å². The van der Waals surface area contributed by atoms with Gasteiger partial charge in [0.25, 0.3) is 0 Å². The first-order valence-corrected chi connectivity index (χ1v) is 6.39. The van der Waals surface area contributed by atoms with E-state index in [1.807, 2.05) is 30.4 Å². The summed E-state index contributed by atoms with van der Waals surface area (Å²) in [6.45, 7) is 4.13. The van der Waals surface area contributed by atoms with E-state index in [2.05, 4.69) is 30.2 Å². The Hall–Kier alpha value is -0.840. The molecule has 0 spiro atoms. The molecule has 1 unspecified atom stereocenters. The lowest BCUT2D eigenvalue weighted by Crippen LogP contribution is -2.32. The molecule has 0 aromatic carbocycles. The minimum absolute atomic E-state index is 0.456. The molecule has 0 aliphatic carbocycles. The molecule has 2 N–H and O–H groups in total. The molecule has 0 saturated carbocycles. The number of hydrogen-bond donors (Lipinski definition) is 1. The van der Waals surface area contributed by atoms with Gasteiger partial charge in [0.15, 0.2) is 0 Å². The third kappa shape index (κ3) is 2.40. The van der Waals surface area contributed by atoms with Gasteiger partial charge in [0.05, 0.1) is 11.4 Å². The van der Waals surface area contributed by atoms with Crippen molar-refractivity contribution >= 4 is 23.3 Å². The quantitative estimate of drug-likeness (QED) is 0.848. The van der Waals surface area contributed by atoms with Crippen molar-refractivity contribution in [2.24, 2.45) is 7.05 Å². The van der Waals surface area contributed by atoms with Gasteiger partial charge < -0.3 is 10.6 Å². The molecule has 0 aliphatic rings. The van der Waals surface area contributed by atoms with Gasteiger partial charge in [-0.05, 0) is 20.1 Å². The molecule has 1 heterocycles. The maximum atomic E-state index is 6.01. The number of anilines is 2. The minimum atomic E-state index is 0.456. The molecule has 1 aromatic heterocycles. The van der Waals surface area contributed by atoms with Crippen molar-refractivity contribution in [3.8, 4) is 0 Å². The third-order valence-electron chi connectivity index (χ3n) is 2.64. The van der Waals surface area contributed by atoms with Gasteiger partial charge in [-0.25, -0.2) is 0 Å². The van der Waals surface area contributed by atoms with Crippen molar-refractivity contribution in [3.63, 3.8) is 0 Å². The second kappa shape index (κ2) is 4.79. The van der Waals surface area contributed by atoms with Crippen LogP contribution < -0.4 is 10.6 Å². The van der Waals surface area contributed by atoms with Gasteiger partial charge in [-0.15, -0.1) is 0 Å². The maximum Gasteiger partial charge on any atom is 0.150 e. The molecule has 1 aromatic rings. The molecule has 1 atom stereocenters. The van der Waals surface area contributed by atoms with Crippen LogP contribution in [0.4, 0.5) is 11.5 Å². The number of aryl methyl sites for hydroxylation is 2. The first-order chi connectivity index (χ1) is 6.99. The SMILES string of the molecule is CSCC(C)N(C)c1c(N)c(C)nn1C. The van der Waals surface area contributed by atoms with Crippen molar-refractivity contribution in [1.29, 1.82) is 0 Å². The molecule has 1 rings (SSSR count). The molecule has 15 heavy (non-hydrogen) atoms. The van der Waals surface area contributed by atoms with Crippen LogP contribution in [-0.2, 0) is 7.05 Å². The van der Waals surface area contributed by atoms with E-state index in [0.29, 0.717) is 6.04 Å². The average Bonchev–Trinajstić information content (AvgIpc) is 2.41. The largest absolute Gasteiger partial charge is 0.394 e. The van der Waals surface area contributed by atoms with E-state index in [-0.39, 0.29) is 0 Å². The fourth-order valence-corrected chi connectivity index (χ4v) is 2.35. The van der Waals surface area contributed by atoms with Gasteiger partial charge in [-0.1, -0.05) is 0 Å². The summed E-state index contributed by atoms with van der Waals surface area (Å²) in [4.78, 5) is 2.19. The summed E-state index contributed by atoms with van der Waals surface area (Å²) < 4.78 is 1.85. The van der Waals surface area contributed by atoms with E-state index in [9.17, 15) is 0 Å². The molecule has 0 amide bonds. The maximum absolute atomic E-state index is 6.01. The molecule has 0 bridgehead atoms. The summed E-state index contributed by atoms with van der Waals surface area (Å²) in [6, 6.07) is 0.456. The van der Waals surface area contributed by atoms with E-state index in [1.165, 1.54) is 0 Å². The molecule has 0 radical (unpaired) electrons. The van der Waals surface area contributed by atoms with E-state index in [0.717, 1.165) is 23.0 Å². The molecule has 0 fully saturated rings. The summed E-state index contributed by atoms with van der Waals surface area (Å²) in [6.07, 6.45) is 2.11. The second-order valence-electron chi connectivity index (χ2n) is 3.86. The van der Waals surface area contributed by atoms with Gasteiger partial charge in [-0.3, -0.25) is 4.68 Å².